The van der Waals surface area contributed by atoms with Crippen LogP contribution in [0, 0.1) is 0 Å². The first kappa shape index (κ1) is 17.0. The maximum atomic E-state index is 12.6. The fourth-order valence-corrected chi connectivity index (χ4v) is 3.39. The summed E-state index contributed by atoms with van der Waals surface area (Å²) in [4.78, 5) is 30.1. The molecule has 0 aliphatic carbocycles. The normalized spacial score (nSPS) is 13.9. The molecule has 1 aliphatic rings. The van der Waals surface area contributed by atoms with Gasteiger partial charge in [0.1, 0.15) is 5.75 Å². The van der Waals surface area contributed by atoms with E-state index >= 15 is 0 Å². The highest BCUT2D eigenvalue weighted by atomic mass is 16.4. The Labute approximate surface area is 155 Å². The van der Waals surface area contributed by atoms with Crippen molar-refractivity contribution in [3.8, 4) is 17.0 Å². The van der Waals surface area contributed by atoms with E-state index < -0.39 is 5.97 Å². The molecule has 1 amide bonds. The Morgan fingerprint density at radius 3 is 2.41 bits per heavy atom. The van der Waals surface area contributed by atoms with E-state index in [0.717, 1.165) is 25.9 Å². The zero-order valence-corrected chi connectivity index (χ0v) is 14.6. The van der Waals surface area contributed by atoms with Gasteiger partial charge < -0.3 is 15.1 Å². The van der Waals surface area contributed by atoms with E-state index in [0.29, 0.717) is 27.7 Å². The lowest BCUT2D eigenvalue weighted by Crippen LogP contribution is -2.27. The molecule has 0 radical (unpaired) electrons. The molecule has 27 heavy (non-hydrogen) atoms. The number of carbonyl (C=O) groups is 2. The number of phenolic OH excluding ortho intramolecular Hbond substituents is 1. The second-order valence-electron chi connectivity index (χ2n) is 6.64. The van der Waals surface area contributed by atoms with Gasteiger partial charge in [-0.25, -0.2) is 9.78 Å². The molecule has 0 bridgehead atoms. The summed E-state index contributed by atoms with van der Waals surface area (Å²) >= 11 is 0. The number of fused-ring (bicyclic) bond motifs is 1. The van der Waals surface area contributed by atoms with Gasteiger partial charge in [0.2, 0.25) is 0 Å². The highest BCUT2D eigenvalue weighted by Crippen LogP contribution is 2.31. The Morgan fingerprint density at radius 1 is 0.926 bits per heavy atom. The third kappa shape index (κ3) is 3.21. The molecule has 2 N–H and O–H groups in total. The molecule has 2 aromatic carbocycles. The van der Waals surface area contributed by atoms with E-state index in [9.17, 15) is 14.7 Å². The van der Waals surface area contributed by atoms with E-state index in [1.165, 1.54) is 12.1 Å². The minimum atomic E-state index is -0.994. The summed E-state index contributed by atoms with van der Waals surface area (Å²) in [6, 6.07) is 13.0. The van der Waals surface area contributed by atoms with Crippen LogP contribution < -0.4 is 0 Å². The average molecular weight is 362 g/mol. The molecule has 1 saturated heterocycles. The van der Waals surface area contributed by atoms with Crippen LogP contribution in [0.25, 0.3) is 22.2 Å². The average Bonchev–Trinajstić information content (AvgIpc) is 3.21. The second kappa shape index (κ2) is 6.72. The minimum absolute atomic E-state index is 0.0411. The predicted molar refractivity (Wildman–Crippen MR) is 101 cm³/mol. The Balaban J connectivity index is 1.73. The number of pyridine rings is 1. The van der Waals surface area contributed by atoms with E-state index in [-0.39, 0.29) is 17.2 Å². The van der Waals surface area contributed by atoms with Gasteiger partial charge in [0.25, 0.3) is 5.91 Å². The summed E-state index contributed by atoms with van der Waals surface area (Å²) in [6.07, 6.45) is 2.03. The Morgan fingerprint density at radius 2 is 1.67 bits per heavy atom. The largest absolute Gasteiger partial charge is 0.507 e. The van der Waals surface area contributed by atoms with E-state index in [1.807, 2.05) is 4.90 Å². The number of benzene rings is 2. The van der Waals surface area contributed by atoms with Gasteiger partial charge in [0, 0.05) is 29.6 Å². The number of hydrogen-bond donors (Lipinski definition) is 2. The van der Waals surface area contributed by atoms with Gasteiger partial charge in [0.05, 0.1) is 16.8 Å². The van der Waals surface area contributed by atoms with Crippen LogP contribution in [0.2, 0.25) is 0 Å². The molecule has 0 unspecified atom stereocenters. The number of hydrogen-bond acceptors (Lipinski definition) is 4. The summed E-state index contributed by atoms with van der Waals surface area (Å²) in [5.74, 6) is -0.991. The summed E-state index contributed by atoms with van der Waals surface area (Å²) in [5, 5.41) is 20.1. The Hall–Kier alpha value is -3.41. The van der Waals surface area contributed by atoms with Crippen molar-refractivity contribution in [3.05, 3.63) is 59.7 Å². The van der Waals surface area contributed by atoms with Crippen LogP contribution in [0.4, 0.5) is 0 Å². The van der Waals surface area contributed by atoms with E-state index in [1.54, 1.807) is 36.4 Å². The van der Waals surface area contributed by atoms with Crippen LogP contribution in [0.5, 0.6) is 5.75 Å². The number of aromatic nitrogens is 1. The number of amides is 1. The molecule has 1 aromatic heterocycles. The number of phenols is 1. The highest BCUT2D eigenvalue weighted by molar-refractivity contribution is 5.97. The lowest BCUT2D eigenvalue weighted by molar-refractivity contribution is 0.0696. The van der Waals surface area contributed by atoms with Gasteiger partial charge in [-0.3, -0.25) is 4.79 Å². The maximum Gasteiger partial charge on any atom is 0.335 e. The van der Waals surface area contributed by atoms with Crippen molar-refractivity contribution < 1.29 is 19.8 Å². The number of likely N-dealkylation sites (tertiary alicyclic amines) is 1. The molecule has 1 fully saturated rings. The second-order valence-corrected chi connectivity index (χ2v) is 6.64. The van der Waals surface area contributed by atoms with Crippen molar-refractivity contribution in [1.82, 2.24) is 9.88 Å². The summed E-state index contributed by atoms with van der Waals surface area (Å²) in [5.41, 5.74) is 2.34. The number of rotatable bonds is 3. The van der Waals surface area contributed by atoms with Crippen molar-refractivity contribution in [2.45, 2.75) is 12.8 Å². The van der Waals surface area contributed by atoms with Gasteiger partial charge in [-0.05, 0) is 55.3 Å². The third-order valence-corrected chi connectivity index (χ3v) is 4.85. The topological polar surface area (TPSA) is 90.7 Å². The van der Waals surface area contributed by atoms with Crippen molar-refractivity contribution in [2.75, 3.05) is 13.1 Å². The fraction of sp³-hybridized carbons (Fsp3) is 0.190. The van der Waals surface area contributed by atoms with Crippen molar-refractivity contribution in [3.63, 3.8) is 0 Å². The monoisotopic (exact) mass is 362 g/mol. The van der Waals surface area contributed by atoms with E-state index in [2.05, 4.69) is 4.98 Å². The molecular weight excluding hydrogens is 344 g/mol. The molecule has 2 heterocycles. The predicted octanol–water partition coefficient (Wildman–Crippen LogP) is 3.54. The zero-order chi connectivity index (χ0) is 19.0. The molecule has 136 valence electrons. The van der Waals surface area contributed by atoms with Crippen molar-refractivity contribution in [1.29, 1.82) is 0 Å². The highest BCUT2D eigenvalue weighted by Gasteiger charge is 2.21. The SMILES string of the molecule is O=C(O)c1ccc2nc(-c3cc(C(=O)N4CCCC4)ccc3O)ccc2c1. The van der Waals surface area contributed by atoms with Gasteiger partial charge in [0.15, 0.2) is 0 Å². The molecule has 0 atom stereocenters. The summed E-state index contributed by atoms with van der Waals surface area (Å²) < 4.78 is 0. The van der Waals surface area contributed by atoms with Gasteiger partial charge >= 0.3 is 5.97 Å². The number of carboxylic acid groups (broad SMARTS) is 1. The summed E-state index contributed by atoms with van der Waals surface area (Å²) in [7, 11) is 0. The summed E-state index contributed by atoms with van der Waals surface area (Å²) in [6.45, 7) is 1.52. The molecule has 1 aliphatic heterocycles. The zero-order valence-electron chi connectivity index (χ0n) is 14.6. The molecule has 3 aromatic rings. The van der Waals surface area contributed by atoms with Gasteiger partial charge in [-0.1, -0.05) is 6.07 Å². The van der Waals surface area contributed by atoms with Gasteiger partial charge in [-0.15, -0.1) is 0 Å². The Kier molecular flexibility index (Phi) is 4.24. The van der Waals surface area contributed by atoms with Crippen LogP contribution in [0.1, 0.15) is 33.6 Å². The third-order valence-electron chi connectivity index (χ3n) is 4.85. The van der Waals surface area contributed by atoms with Crippen molar-refractivity contribution in [2.24, 2.45) is 0 Å². The number of aromatic hydroxyl groups is 1. The first-order valence-electron chi connectivity index (χ1n) is 8.80. The number of carbonyl (C=O) groups excluding carboxylic acids is 1. The lowest BCUT2D eigenvalue weighted by Gasteiger charge is -2.16. The maximum absolute atomic E-state index is 12.6. The minimum Gasteiger partial charge on any atom is -0.507 e. The van der Waals surface area contributed by atoms with Crippen LogP contribution in [-0.2, 0) is 0 Å². The quantitative estimate of drug-likeness (QED) is 0.744. The van der Waals surface area contributed by atoms with Crippen LogP contribution in [0.15, 0.2) is 48.5 Å². The fourth-order valence-electron chi connectivity index (χ4n) is 3.39. The smallest absolute Gasteiger partial charge is 0.335 e. The van der Waals surface area contributed by atoms with Crippen LogP contribution in [0.3, 0.4) is 0 Å². The Bertz CT molecular complexity index is 1060. The van der Waals surface area contributed by atoms with Crippen LogP contribution in [-0.4, -0.2) is 45.1 Å². The van der Waals surface area contributed by atoms with E-state index in [4.69, 9.17) is 5.11 Å². The van der Waals surface area contributed by atoms with Crippen LogP contribution >= 0.6 is 0 Å². The lowest BCUT2D eigenvalue weighted by atomic mass is 10.0. The molecule has 0 saturated carbocycles. The standard InChI is InChI=1S/C21H18N2O4/c24-19-8-5-14(20(25)23-9-1-2-10-23)12-16(19)18-7-3-13-11-15(21(26)27)4-6-17(13)22-18/h3-8,11-12,24H,1-2,9-10H2,(H,26,27). The molecule has 4 rings (SSSR count). The van der Waals surface area contributed by atoms with Crippen molar-refractivity contribution >= 4 is 22.8 Å². The first-order valence-corrected chi connectivity index (χ1v) is 8.80. The first-order chi connectivity index (χ1) is 13.0. The molecule has 6 heteroatoms. The van der Waals surface area contributed by atoms with Gasteiger partial charge in [-0.2, -0.15) is 0 Å². The molecule has 0 spiro atoms. The molecular formula is C21H18N2O4. The number of carboxylic acids is 1. The molecule has 6 nitrogen and oxygen atoms in total. The number of aromatic carboxylic acids is 1. The number of nitrogens with zero attached hydrogens (tertiary/aromatic N) is 2.